The maximum Gasteiger partial charge on any atom is 0.241 e. The van der Waals surface area contributed by atoms with E-state index in [1.165, 1.54) is 6.33 Å². The molecular formula is C16H25Cl2N5O2. The number of amides is 1. The zero-order valence-electron chi connectivity index (χ0n) is 14.3. The summed E-state index contributed by atoms with van der Waals surface area (Å²) >= 11 is 0. The number of carbonyl (C=O) groups excluding carboxylic acids is 1. The van der Waals surface area contributed by atoms with E-state index in [1.807, 2.05) is 32.0 Å². The number of hydrogen-bond acceptors (Lipinski definition) is 5. The lowest BCUT2D eigenvalue weighted by Crippen LogP contribution is -2.36. The predicted molar refractivity (Wildman–Crippen MR) is 103 cm³/mol. The minimum Gasteiger partial charge on any atom is -0.492 e. The molecule has 1 amide bonds. The summed E-state index contributed by atoms with van der Waals surface area (Å²) in [5, 5.41) is 6.82. The van der Waals surface area contributed by atoms with Crippen LogP contribution in [0.25, 0.3) is 0 Å². The normalized spacial score (nSPS) is 11.2. The fourth-order valence-corrected chi connectivity index (χ4v) is 2.12. The van der Waals surface area contributed by atoms with Crippen molar-refractivity contribution >= 4 is 36.4 Å². The highest BCUT2D eigenvalue weighted by molar-refractivity contribution is 5.94. The number of nitrogens with two attached hydrogens (primary N) is 1. The first-order chi connectivity index (χ1) is 11.0. The first-order valence-corrected chi connectivity index (χ1v) is 7.66. The van der Waals surface area contributed by atoms with Crippen molar-refractivity contribution in [3.05, 3.63) is 36.9 Å². The van der Waals surface area contributed by atoms with Crippen molar-refractivity contribution in [2.24, 2.45) is 11.7 Å². The fraction of sp³-hybridized carbons (Fsp3) is 0.438. The first kappa shape index (κ1) is 23.2. The monoisotopic (exact) mass is 389 g/mol. The molecular weight excluding hydrogens is 365 g/mol. The molecule has 2 rings (SSSR count). The van der Waals surface area contributed by atoms with Crippen LogP contribution in [0.3, 0.4) is 0 Å². The summed E-state index contributed by atoms with van der Waals surface area (Å²) in [5.74, 6) is 0.876. The lowest BCUT2D eigenvalue weighted by Gasteiger charge is -2.14. The largest absolute Gasteiger partial charge is 0.492 e. The van der Waals surface area contributed by atoms with Crippen molar-refractivity contribution in [3.8, 4) is 5.75 Å². The van der Waals surface area contributed by atoms with Gasteiger partial charge in [0.2, 0.25) is 5.91 Å². The van der Waals surface area contributed by atoms with Crippen molar-refractivity contribution in [1.82, 2.24) is 14.8 Å². The molecule has 0 unspecified atom stereocenters. The van der Waals surface area contributed by atoms with Gasteiger partial charge in [0.1, 0.15) is 25.0 Å². The van der Waals surface area contributed by atoms with Crippen LogP contribution in [0.1, 0.15) is 20.3 Å². The Labute approximate surface area is 160 Å². The van der Waals surface area contributed by atoms with Gasteiger partial charge in [-0.05, 0) is 24.5 Å². The second-order valence-electron chi connectivity index (χ2n) is 5.76. The van der Waals surface area contributed by atoms with Crippen LogP contribution in [0.4, 0.5) is 5.69 Å². The van der Waals surface area contributed by atoms with Crippen LogP contribution >= 0.6 is 24.8 Å². The number of halogens is 2. The molecule has 0 aliphatic heterocycles. The van der Waals surface area contributed by atoms with E-state index in [-0.39, 0.29) is 30.7 Å². The molecule has 3 N–H and O–H groups in total. The number of anilines is 1. The number of hydrogen-bond donors (Lipinski definition) is 2. The van der Waals surface area contributed by atoms with Crippen LogP contribution in [0.2, 0.25) is 0 Å². The molecule has 9 heteroatoms. The fourth-order valence-electron chi connectivity index (χ4n) is 2.12. The molecule has 25 heavy (non-hydrogen) atoms. The molecule has 0 saturated carbocycles. The van der Waals surface area contributed by atoms with Gasteiger partial charge in [-0.15, -0.1) is 24.8 Å². The molecule has 0 aliphatic carbocycles. The zero-order chi connectivity index (χ0) is 16.7. The van der Waals surface area contributed by atoms with E-state index in [0.29, 0.717) is 36.9 Å². The number of ether oxygens (including phenoxy) is 1. The van der Waals surface area contributed by atoms with Gasteiger partial charge in [-0.2, -0.15) is 5.10 Å². The highest BCUT2D eigenvalue weighted by Gasteiger charge is 2.15. The maximum absolute atomic E-state index is 12.0. The molecule has 140 valence electrons. The van der Waals surface area contributed by atoms with Crippen molar-refractivity contribution in [1.29, 1.82) is 0 Å². The molecule has 0 bridgehead atoms. The smallest absolute Gasteiger partial charge is 0.241 e. The third kappa shape index (κ3) is 8.20. The van der Waals surface area contributed by atoms with Gasteiger partial charge in [-0.25, -0.2) is 9.67 Å². The second-order valence-corrected chi connectivity index (χ2v) is 5.76. The minimum atomic E-state index is -0.508. The van der Waals surface area contributed by atoms with Crippen LogP contribution in [-0.4, -0.2) is 33.3 Å². The third-order valence-electron chi connectivity index (χ3n) is 3.22. The number of nitrogens with one attached hydrogen (secondary N) is 1. The number of aromatic nitrogens is 3. The van der Waals surface area contributed by atoms with Crippen LogP contribution < -0.4 is 15.8 Å². The van der Waals surface area contributed by atoms with E-state index in [0.717, 1.165) is 0 Å². The summed E-state index contributed by atoms with van der Waals surface area (Å²) < 4.78 is 7.35. The summed E-state index contributed by atoms with van der Waals surface area (Å²) in [4.78, 5) is 15.9. The number of benzene rings is 1. The Morgan fingerprint density at radius 2 is 2.12 bits per heavy atom. The summed E-state index contributed by atoms with van der Waals surface area (Å²) in [6.45, 7) is 5.15. The Morgan fingerprint density at radius 3 is 2.76 bits per heavy atom. The average Bonchev–Trinajstić information content (AvgIpc) is 3.00. The predicted octanol–water partition coefficient (Wildman–Crippen LogP) is 2.51. The summed E-state index contributed by atoms with van der Waals surface area (Å²) in [6, 6.07) is 6.75. The van der Waals surface area contributed by atoms with Gasteiger partial charge < -0.3 is 15.8 Å². The van der Waals surface area contributed by atoms with E-state index >= 15 is 0 Å². The maximum atomic E-state index is 12.0. The molecule has 0 aliphatic rings. The summed E-state index contributed by atoms with van der Waals surface area (Å²) in [6.07, 6.45) is 3.77. The van der Waals surface area contributed by atoms with Gasteiger partial charge in [-0.3, -0.25) is 4.79 Å². The average molecular weight is 390 g/mol. The van der Waals surface area contributed by atoms with E-state index in [9.17, 15) is 4.79 Å². The highest BCUT2D eigenvalue weighted by Crippen LogP contribution is 2.18. The van der Waals surface area contributed by atoms with Gasteiger partial charge in [0.25, 0.3) is 0 Å². The van der Waals surface area contributed by atoms with Crippen molar-refractivity contribution < 1.29 is 9.53 Å². The quantitative estimate of drug-likeness (QED) is 0.722. The standard InChI is InChI=1S/C16H23N5O2.2ClH/c1-12(2)8-15(17)16(22)20-13-4-3-5-14(9-13)23-7-6-21-11-18-10-19-21;;/h3-5,9-12,15H,6-8,17H2,1-2H3,(H,20,22);2*1H/t15-;;/m0../s1. The van der Waals surface area contributed by atoms with E-state index in [4.69, 9.17) is 10.5 Å². The van der Waals surface area contributed by atoms with Crippen LogP contribution in [0.15, 0.2) is 36.9 Å². The lowest BCUT2D eigenvalue weighted by molar-refractivity contribution is -0.117. The summed E-state index contributed by atoms with van der Waals surface area (Å²) in [5.41, 5.74) is 6.55. The van der Waals surface area contributed by atoms with E-state index in [1.54, 1.807) is 17.1 Å². The van der Waals surface area contributed by atoms with Gasteiger partial charge in [0.05, 0.1) is 12.6 Å². The molecule has 0 fully saturated rings. The Balaban J connectivity index is 0.00000288. The van der Waals surface area contributed by atoms with Crippen molar-refractivity contribution in [2.75, 3.05) is 11.9 Å². The van der Waals surface area contributed by atoms with E-state index < -0.39 is 6.04 Å². The molecule has 1 heterocycles. The molecule has 1 aromatic heterocycles. The molecule has 0 saturated heterocycles. The highest BCUT2D eigenvalue weighted by atomic mass is 35.5. The van der Waals surface area contributed by atoms with Crippen LogP contribution in [0.5, 0.6) is 5.75 Å². The molecule has 7 nitrogen and oxygen atoms in total. The van der Waals surface area contributed by atoms with Crippen LogP contribution in [0, 0.1) is 5.92 Å². The molecule has 0 radical (unpaired) electrons. The van der Waals surface area contributed by atoms with Gasteiger partial charge >= 0.3 is 0 Å². The summed E-state index contributed by atoms with van der Waals surface area (Å²) in [7, 11) is 0. The second kappa shape index (κ2) is 11.7. The Morgan fingerprint density at radius 1 is 1.36 bits per heavy atom. The van der Waals surface area contributed by atoms with Gasteiger partial charge in [-0.1, -0.05) is 19.9 Å². The lowest BCUT2D eigenvalue weighted by atomic mass is 10.0. The Bertz CT molecular complexity index is 623. The third-order valence-corrected chi connectivity index (χ3v) is 3.22. The minimum absolute atomic E-state index is 0. The Hall–Kier alpha value is -1.83. The first-order valence-electron chi connectivity index (χ1n) is 7.66. The van der Waals surface area contributed by atoms with E-state index in [2.05, 4.69) is 15.4 Å². The zero-order valence-corrected chi connectivity index (χ0v) is 15.9. The van der Waals surface area contributed by atoms with Gasteiger partial charge in [0.15, 0.2) is 0 Å². The molecule has 1 atom stereocenters. The van der Waals surface area contributed by atoms with Crippen LogP contribution in [-0.2, 0) is 11.3 Å². The van der Waals surface area contributed by atoms with Crippen molar-refractivity contribution in [3.63, 3.8) is 0 Å². The number of rotatable bonds is 8. The molecule has 1 aromatic carbocycles. The topological polar surface area (TPSA) is 95.1 Å². The number of nitrogens with zero attached hydrogens (tertiary/aromatic N) is 3. The van der Waals surface area contributed by atoms with Gasteiger partial charge in [0, 0.05) is 11.8 Å². The van der Waals surface area contributed by atoms with Crippen molar-refractivity contribution in [2.45, 2.75) is 32.9 Å². The Kier molecular flexibility index (Phi) is 10.8. The molecule has 2 aromatic rings. The number of carbonyl (C=O) groups is 1. The molecule has 0 spiro atoms. The SMILES string of the molecule is CC(C)C[C@H](N)C(=O)Nc1cccc(OCCn2cncn2)c1.Cl.Cl.